The van der Waals surface area contributed by atoms with Crippen LogP contribution >= 0.6 is 0 Å². The molecule has 4 rings (SSSR count). The Bertz CT molecular complexity index is 1010. The second-order valence-corrected chi connectivity index (χ2v) is 8.33. The van der Waals surface area contributed by atoms with Crippen molar-refractivity contribution in [2.75, 3.05) is 0 Å². The van der Waals surface area contributed by atoms with E-state index in [4.69, 9.17) is 0 Å². The van der Waals surface area contributed by atoms with E-state index < -0.39 is 11.6 Å². The Morgan fingerprint density at radius 1 is 0.690 bits per heavy atom. The lowest BCUT2D eigenvalue weighted by Gasteiger charge is -2.26. The number of aryl methyl sites for hydroxylation is 1. The van der Waals surface area contributed by atoms with E-state index in [1.54, 1.807) is 42.5 Å². The Morgan fingerprint density at radius 2 is 1.28 bits per heavy atom. The molecule has 3 aromatic carbocycles. The summed E-state index contributed by atoms with van der Waals surface area (Å²) in [6, 6.07) is 15.6. The molecule has 0 N–H and O–H groups in total. The van der Waals surface area contributed by atoms with Crippen molar-refractivity contribution in [3.8, 4) is 22.3 Å². The summed E-state index contributed by atoms with van der Waals surface area (Å²) in [5.74, 6) is -0.709. The summed E-state index contributed by atoms with van der Waals surface area (Å²) in [5.41, 5.74) is 3.38. The molecule has 0 saturated heterocycles. The van der Waals surface area contributed by atoms with Crippen LogP contribution in [0.3, 0.4) is 0 Å². The van der Waals surface area contributed by atoms with Crippen molar-refractivity contribution in [1.29, 1.82) is 0 Å². The third-order valence-electron chi connectivity index (χ3n) is 6.26. The van der Waals surface area contributed by atoms with Crippen LogP contribution in [0.15, 0.2) is 54.6 Å². The second-order valence-electron chi connectivity index (χ2n) is 8.33. The minimum absolute atomic E-state index is 0.210. The van der Waals surface area contributed by atoms with E-state index in [1.165, 1.54) is 19.8 Å². The van der Waals surface area contributed by atoms with E-state index in [9.17, 15) is 13.2 Å². The van der Waals surface area contributed by atoms with E-state index in [2.05, 4.69) is 6.92 Å². The minimum atomic E-state index is -0.852. The van der Waals surface area contributed by atoms with Crippen molar-refractivity contribution in [1.82, 2.24) is 0 Å². The van der Waals surface area contributed by atoms with Crippen LogP contribution in [0.5, 0.6) is 0 Å². The van der Waals surface area contributed by atoms with E-state index in [0.29, 0.717) is 17.0 Å². The molecule has 0 nitrogen and oxygen atoms in total. The zero-order valence-electron chi connectivity index (χ0n) is 16.8. The van der Waals surface area contributed by atoms with E-state index in [-0.39, 0.29) is 16.9 Å². The first-order chi connectivity index (χ1) is 13.9. The summed E-state index contributed by atoms with van der Waals surface area (Å²) < 4.78 is 43.0. The zero-order chi connectivity index (χ0) is 20.5. The molecule has 0 radical (unpaired) electrons. The smallest absolute Gasteiger partial charge is 0.166 e. The fourth-order valence-corrected chi connectivity index (χ4v) is 4.31. The monoisotopic (exact) mass is 394 g/mol. The van der Waals surface area contributed by atoms with Gasteiger partial charge in [-0.1, -0.05) is 68.3 Å². The number of hydrogen-bond donors (Lipinski definition) is 0. The predicted octanol–water partition coefficient (Wildman–Crippen LogP) is 8.04. The second kappa shape index (κ2) is 8.06. The molecule has 150 valence electrons. The van der Waals surface area contributed by atoms with Gasteiger partial charge in [0.2, 0.25) is 0 Å². The molecule has 0 amide bonds. The summed E-state index contributed by atoms with van der Waals surface area (Å²) in [7, 11) is 0. The van der Waals surface area contributed by atoms with Gasteiger partial charge in [-0.15, -0.1) is 0 Å². The lowest BCUT2D eigenvalue weighted by atomic mass is 9.79. The number of benzene rings is 3. The summed E-state index contributed by atoms with van der Waals surface area (Å²) >= 11 is 0. The SMILES string of the molecule is Cc1ccc(-c2ccc(-c3ccc(C4CCC(C)CC4)cc3F)cc2)c(F)c1F. The van der Waals surface area contributed by atoms with Gasteiger partial charge in [-0.05, 0) is 59.9 Å². The highest BCUT2D eigenvalue weighted by atomic mass is 19.2. The molecule has 29 heavy (non-hydrogen) atoms. The van der Waals surface area contributed by atoms with Gasteiger partial charge in [0.05, 0.1) is 0 Å². The summed E-state index contributed by atoms with van der Waals surface area (Å²) in [4.78, 5) is 0. The number of halogens is 3. The fourth-order valence-electron chi connectivity index (χ4n) is 4.31. The molecule has 0 bridgehead atoms. The van der Waals surface area contributed by atoms with Gasteiger partial charge in [0.15, 0.2) is 11.6 Å². The molecule has 0 aromatic heterocycles. The van der Waals surface area contributed by atoms with Gasteiger partial charge in [-0.3, -0.25) is 0 Å². The van der Waals surface area contributed by atoms with E-state index in [1.807, 2.05) is 12.1 Å². The number of rotatable bonds is 3. The molecular formula is C26H25F3. The van der Waals surface area contributed by atoms with Crippen LogP contribution < -0.4 is 0 Å². The van der Waals surface area contributed by atoms with Gasteiger partial charge in [0.25, 0.3) is 0 Å². The Labute approximate surface area is 170 Å². The lowest BCUT2D eigenvalue weighted by Crippen LogP contribution is -2.11. The third-order valence-corrected chi connectivity index (χ3v) is 6.26. The highest BCUT2D eigenvalue weighted by molar-refractivity contribution is 5.71. The maximum absolute atomic E-state index is 14.8. The van der Waals surface area contributed by atoms with Gasteiger partial charge >= 0.3 is 0 Å². The topological polar surface area (TPSA) is 0 Å². The Balaban J connectivity index is 1.59. The summed E-state index contributed by atoms with van der Waals surface area (Å²) in [6.45, 7) is 3.81. The third kappa shape index (κ3) is 3.96. The predicted molar refractivity (Wildman–Crippen MR) is 112 cm³/mol. The molecule has 1 aliphatic rings. The molecule has 0 aliphatic heterocycles. The molecule has 3 heteroatoms. The average molecular weight is 394 g/mol. The van der Waals surface area contributed by atoms with Gasteiger partial charge in [0, 0.05) is 11.1 Å². The van der Waals surface area contributed by atoms with Crippen LogP contribution in [0.4, 0.5) is 13.2 Å². The van der Waals surface area contributed by atoms with Crippen LogP contribution in [-0.4, -0.2) is 0 Å². The Hall–Kier alpha value is -2.55. The Morgan fingerprint density at radius 3 is 1.90 bits per heavy atom. The van der Waals surface area contributed by atoms with Gasteiger partial charge < -0.3 is 0 Å². The van der Waals surface area contributed by atoms with Crippen molar-refractivity contribution < 1.29 is 13.2 Å². The highest BCUT2D eigenvalue weighted by Crippen LogP contribution is 2.37. The highest BCUT2D eigenvalue weighted by Gasteiger charge is 2.21. The lowest BCUT2D eigenvalue weighted by molar-refractivity contribution is 0.347. The number of hydrogen-bond acceptors (Lipinski definition) is 0. The fraction of sp³-hybridized carbons (Fsp3) is 0.308. The van der Waals surface area contributed by atoms with Crippen molar-refractivity contribution in [2.24, 2.45) is 5.92 Å². The molecule has 1 saturated carbocycles. The molecule has 0 heterocycles. The van der Waals surface area contributed by atoms with Crippen LogP contribution in [0, 0.1) is 30.3 Å². The van der Waals surface area contributed by atoms with Gasteiger partial charge in [-0.25, -0.2) is 13.2 Å². The minimum Gasteiger partial charge on any atom is -0.206 e. The zero-order valence-corrected chi connectivity index (χ0v) is 16.8. The summed E-state index contributed by atoms with van der Waals surface area (Å²) in [6.07, 6.45) is 4.64. The van der Waals surface area contributed by atoms with Crippen molar-refractivity contribution >= 4 is 0 Å². The molecule has 3 aromatic rings. The van der Waals surface area contributed by atoms with Crippen LogP contribution in [0.1, 0.15) is 49.7 Å². The maximum Gasteiger partial charge on any atom is 0.166 e. The van der Waals surface area contributed by atoms with E-state index >= 15 is 0 Å². The van der Waals surface area contributed by atoms with Crippen molar-refractivity contribution in [2.45, 2.75) is 45.4 Å². The maximum atomic E-state index is 14.8. The first kappa shape index (κ1) is 19.8. The van der Waals surface area contributed by atoms with E-state index in [0.717, 1.165) is 29.9 Å². The Kier molecular flexibility index (Phi) is 5.49. The van der Waals surface area contributed by atoms with Gasteiger partial charge in [0.1, 0.15) is 5.82 Å². The standard InChI is InChI=1S/C26H25F3/c1-16-3-6-18(7-4-16)21-12-14-22(24(27)15-21)19-8-10-20(11-9-19)23-13-5-17(2)25(28)26(23)29/h5,8-16,18H,3-4,6-7H2,1-2H3. The normalized spacial score (nSPS) is 19.3. The van der Waals surface area contributed by atoms with Crippen molar-refractivity contribution in [3.63, 3.8) is 0 Å². The molecule has 0 unspecified atom stereocenters. The summed E-state index contributed by atoms with van der Waals surface area (Å²) in [5, 5.41) is 0. The molecule has 0 spiro atoms. The largest absolute Gasteiger partial charge is 0.206 e. The van der Waals surface area contributed by atoms with Crippen LogP contribution in [-0.2, 0) is 0 Å². The quantitative estimate of drug-likeness (QED) is 0.422. The molecule has 1 fully saturated rings. The molecule has 0 atom stereocenters. The van der Waals surface area contributed by atoms with Crippen molar-refractivity contribution in [3.05, 3.63) is 83.2 Å². The van der Waals surface area contributed by atoms with Crippen LogP contribution in [0.2, 0.25) is 0 Å². The van der Waals surface area contributed by atoms with Gasteiger partial charge in [-0.2, -0.15) is 0 Å². The first-order valence-corrected chi connectivity index (χ1v) is 10.3. The van der Waals surface area contributed by atoms with Crippen LogP contribution in [0.25, 0.3) is 22.3 Å². The molecule has 1 aliphatic carbocycles. The average Bonchev–Trinajstić information content (AvgIpc) is 2.73. The first-order valence-electron chi connectivity index (χ1n) is 10.3. The molecular weight excluding hydrogens is 369 g/mol.